The molecule has 0 aliphatic carbocycles. The highest BCUT2D eigenvalue weighted by Crippen LogP contribution is 2.32. The topological polar surface area (TPSA) is 55.6 Å². The number of hydrogen-bond donors (Lipinski definition) is 1. The van der Waals surface area contributed by atoms with Crippen molar-refractivity contribution >= 4 is 11.6 Å². The maximum atomic E-state index is 4.15. The Hall–Kier alpha value is -2.95. The molecule has 2 aromatic carbocycles. The zero-order chi connectivity index (χ0) is 16.7. The van der Waals surface area contributed by atoms with Crippen molar-refractivity contribution in [2.45, 2.75) is 26.8 Å². The molecule has 4 rings (SSSR count). The molecular formula is C19H19N5. The van der Waals surface area contributed by atoms with Crippen molar-refractivity contribution < 1.29 is 0 Å². The average molecular weight is 317 g/mol. The van der Waals surface area contributed by atoms with Crippen LogP contribution in [0.4, 0.5) is 5.95 Å². The van der Waals surface area contributed by atoms with E-state index >= 15 is 0 Å². The van der Waals surface area contributed by atoms with E-state index in [1.165, 1.54) is 16.7 Å². The summed E-state index contributed by atoms with van der Waals surface area (Å²) in [4.78, 5) is 0. The molecule has 0 fully saturated rings. The maximum absolute atomic E-state index is 4.15. The van der Waals surface area contributed by atoms with Crippen molar-refractivity contribution in [2.24, 2.45) is 0 Å². The minimum atomic E-state index is -0.0199. The number of rotatable bonds is 2. The van der Waals surface area contributed by atoms with Gasteiger partial charge in [-0.05, 0) is 65.6 Å². The number of benzene rings is 2. The average Bonchev–Trinajstić information content (AvgIpc) is 3.06. The smallest absolute Gasteiger partial charge is 0.248 e. The van der Waals surface area contributed by atoms with E-state index in [4.69, 9.17) is 0 Å². The Morgan fingerprint density at radius 3 is 2.50 bits per heavy atom. The molecule has 0 saturated carbocycles. The van der Waals surface area contributed by atoms with Crippen molar-refractivity contribution in [2.75, 3.05) is 5.32 Å². The summed E-state index contributed by atoms with van der Waals surface area (Å²) in [5, 5.41) is 15.4. The van der Waals surface area contributed by atoms with Crippen LogP contribution in [0.5, 0.6) is 0 Å². The third-order valence-corrected chi connectivity index (χ3v) is 4.56. The van der Waals surface area contributed by atoms with Gasteiger partial charge in [0.2, 0.25) is 5.95 Å². The normalized spacial score (nSPS) is 16.3. The summed E-state index contributed by atoms with van der Waals surface area (Å²) in [6.07, 6.45) is 2.18. The molecule has 1 aliphatic heterocycles. The number of anilines is 1. The molecule has 1 unspecified atom stereocenters. The molecule has 120 valence electrons. The quantitative estimate of drug-likeness (QED) is 0.784. The van der Waals surface area contributed by atoms with Crippen molar-refractivity contribution in [3.05, 3.63) is 76.4 Å². The van der Waals surface area contributed by atoms with Gasteiger partial charge in [-0.25, -0.2) is 0 Å². The molecule has 0 saturated heterocycles. The van der Waals surface area contributed by atoms with Crippen LogP contribution in [0.1, 0.15) is 33.9 Å². The first kappa shape index (κ1) is 14.6. The Kier molecular flexibility index (Phi) is 3.41. The monoisotopic (exact) mass is 317 g/mol. The second-order valence-corrected chi connectivity index (χ2v) is 6.31. The minimum absolute atomic E-state index is 0.0199. The third kappa shape index (κ3) is 2.48. The summed E-state index contributed by atoms with van der Waals surface area (Å²) in [7, 11) is 0. The molecule has 1 aliphatic rings. The van der Waals surface area contributed by atoms with Crippen molar-refractivity contribution in [3.63, 3.8) is 0 Å². The fraction of sp³-hybridized carbons (Fsp3) is 0.211. The van der Waals surface area contributed by atoms with Crippen LogP contribution < -0.4 is 5.32 Å². The minimum Gasteiger partial charge on any atom is -0.323 e. The molecule has 24 heavy (non-hydrogen) atoms. The van der Waals surface area contributed by atoms with Crippen LogP contribution in [0.25, 0.3) is 5.70 Å². The second-order valence-electron chi connectivity index (χ2n) is 6.31. The van der Waals surface area contributed by atoms with E-state index in [1.807, 2.05) is 4.68 Å². The van der Waals surface area contributed by atoms with E-state index in [0.717, 1.165) is 16.8 Å². The molecule has 0 radical (unpaired) electrons. The van der Waals surface area contributed by atoms with Crippen LogP contribution >= 0.6 is 0 Å². The number of nitrogens with zero attached hydrogens (tertiary/aromatic N) is 4. The number of fused-ring (bicyclic) bond motifs is 1. The summed E-state index contributed by atoms with van der Waals surface area (Å²) >= 11 is 0. The highest BCUT2D eigenvalue weighted by molar-refractivity contribution is 5.77. The number of hydrogen-bond acceptors (Lipinski definition) is 4. The lowest BCUT2D eigenvalue weighted by Gasteiger charge is -2.24. The van der Waals surface area contributed by atoms with Gasteiger partial charge in [0.25, 0.3) is 0 Å². The molecule has 1 atom stereocenters. The lowest BCUT2D eigenvalue weighted by atomic mass is 9.99. The molecule has 0 amide bonds. The Balaban J connectivity index is 1.81. The number of nitrogens with one attached hydrogen (secondary N) is 1. The number of aryl methyl sites for hydroxylation is 3. The van der Waals surface area contributed by atoms with Gasteiger partial charge >= 0.3 is 0 Å². The fourth-order valence-electron chi connectivity index (χ4n) is 2.93. The predicted molar refractivity (Wildman–Crippen MR) is 94.7 cm³/mol. The summed E-state index contributed by atoms with van der Waals surface area (Å²) < 4.78 is 1.81. The highest BCUT2D eigenvalue weighted by atomic mass is 15.6. The van der Waals surface area contributed by atoms with E-state index in [-0.39, 0.29) is 6.04 Å². The van der Waals surface area contributed by atoms with Gasteiger partial charge in [0.05, 0.1) is 0 Å². The molecule has 0 bridgehead atoms. The van der Waals surface area contributed by atoms with Gasteiger partial charge in [-0.2, -0.15) is 4.68 Å². The van der Waals surface area contributed by atoms with Gasteiger partial charge < -0.3 is 5.32 Å². The Labute approximate surface area is 141 Å². The highest BCUT2D eigenvalue weighted by Gasteiger charge is 2.24. The molecular weight excluding hydrogens is 298 g/mol. The van der Waals surface area contributed by atoms with Crippen LogP contribution in [0.3, 0.4) is 0 Å². The lowest BCUT2D eigenvalue weighted by Crippen LogP contribution is -2.20. The fourth-order valence-corrected chi connectivity index (χ4v) is 2.93. The van der Waals surface area contributed by atoms with Crippen LogP contribution in [0, 0.1) is 20.8 Å². The summed E-state index contributed by atoms with van der Waals surface area (Å²) in [5.41, 5.74) is 7.14. The largest absolute Gasteiger partial charge is 0.323 e. The number of tetrazole rings is 1. The lowest BCUT2D eigenvalue weighted by molar-refractivity contribution is 0.586. The van der Waals surface area contributed by atoms with E-state index < -0.39 is 0 Å². The second kappa shape index (κ2) is 5.60. The first-order chi connectivity index (χ1) is 11.6. The zero-order valence-corrected chi connectivity index (χ0v) is 14.0. The molecule has 0 spiro atoms. The SMILES string of the molecule is Cc1ccc(C2C=C(c3ccc(C)c(C)c3)Nc3nnnn32)cc1. The van der Waals surface area contributed by atoms with Crippen LogP contribution in [-0.2, 0) is 0 Å². The summed E-state index contributed by atoms with van der Waals surface area (Å²) in [5.74, 6) is 0.663. The van der Waals surface area contributed by atoms with Crippen molar-refractivity contribution in [1.82, 2.24) is 20.2 Å². The van der Waals surface area contributed by atoms with Crippen molar-refractivity contribution in [3.8, 4) is 0 Å². The summed E-state index contributed by atoms with van der Waals surface area (Å²) in [6, 6.07) is 14.9. The first-order valence-corrected chi connectivity index (χ1v) is 8.03. The molecule has 1 aromatic heterocycles. The van der Waals surface area contributed by atoms with Gasteiger partial charge in [0, 0.05) is 5.70 Å². The van der Waals surface area contributed by atoms with Gasteiger partial charge in [-0.1, -0.05) is 47.1 Å². The first-order valence-electron chi connectivity index (χ1n) is 8.03. The Morgan fingerprint density at radius 1 is 0.958 bits per heavy atom. The third-order valence-electron chi connectivity index (χ3n) is 4.56. The maximum Gasteiger partial charge on any atom is 0.248 e. The van der Waals surface area contributed by atoms with E-state index in [2.05, 4.69) is 90.2 Å². The molecule has 5 heteroatoms. The molecule has 2 heterocycles. The van der Waals surface area contributed by atoms with Gasteiger partial charge in [0.1, 0.15) is 6.04 Å². The molecule has 1 N–H and O–H groups in total. The van der Waals surface area contributed by atoms with Crippen LogP contribution in [-0.4, -0.2) is 20.2 Å². The van der Waals surface area contributed by atoms with Gasteiger partial charge in [0.15, 0.2) is 0 Å². The number of aromatic nitrogens is 4. The van der Waals surface area contributed by atoms with E-state index in [9.17, 15) is 0 Å². The number of allylic oxidation sites excluding steroid dienone is 1. The molecule has 3 aromatic rings. The van der Waals surface area contributed by atoms with Crippen LogP contribution in [0.2, 0.25) is 0 Å². The predicted octanol–water partition coefficient (Wildman–Crippen LogP) is 3.65. The zero-order valence-electron chi connectivity index (χ0n) is 14.0. The Bertz CT molecular complexity index is 921. The van der Waals surface area contributed by atoms with E-state index in [0.29, 0.717) is 5.95 Å². The van der Waals surface area contributed by atoms with Crippen LogP contribution in [0.15, 0.2) is 48.5 Å². The Morgan fingerprint density at radius 2 is 1.75 bits per heavy atom. The van der Waals surface area contributed by atoms with Crippen molar-refractivity contribution in [1.29, 1.82) is 0 Å². The van der Waals surface area contributed by atoms with Gasteiger partial charge in [-0.15, -0.1) is 0 Å². The summed E-state index contributed by atoms with van der Waals surface area (Å²) in [6.45, 7) is 6.34. The standard InChI is InChI=1S/C19H19N5/c1-12-4-7-15(8-5-12)18-11-17(20-19-21-22-23-24(18)19)16-9-6-13(2)14(3)10-16/h4-11,18H,1-3H3,(H,20,21,23). The van der Waals surface area contributed by atoms with Gasteiger partial charge in [-0.3, -0.25) is 0 Å². The van der Waals surface area contributed by atoms with E-state index in [1.54, 1.807) is 0 Å². The molecule has 5 nitrogen and oxygen atoms in total.